The molecule has 2 heterocycles. The van der Waals surface area contributed by atoms with Crippen LogP contribution in [-0.4, -0.2) is 31.7 Å². The van der Waals surface area contributed by atoms with E-state index in [1.807, 2.05) is 57.7 Å². The van der Waals surface area contributed by atoms with Gasteiger partial charge in [-0.05, 0) is 31.2 Å². The van der Waals surface area contributed by atoms with E-state index in [1.54, 1.807) is 19.6 Å². The quantitative estimate of drug-likeness (QED) is 0.425. The minimum atomic E-state index is -0.409. The van der Waals surface area contributed by atoms with Crippen molar-refractivity contribution in [2.24, 2.45) is 0 Å². The summed E-state index contributed by atoms with van der Waals surface area (Å²) in [6.07, 6.45) is 4.86. The minimum Gasteiger partial charge on any atom is -0.463 e. The molecule has 0 fully saturated rings. The highest BCUT2D eigenvalue weighted by Crippen LogP contribution is 2.20. The predicted molar refractivity (Wildman–Crippen MR) is 94.7 cm³/mol. The second-order valence-electron chi connectivity index (χ2n) is 5.46. The van der Waals surface area contributed by atoms with Gasteiger partial charge in [-0.25, -0.2) is 14.8 Å². The van der Waals surface area contributed by atoms with Crippen LogP contribution in [0.15, 0.2) is 67.3 Å². The largest absolute Gasteiger partial charge is 0.463 e. The smallest absolute Gasteiger partial charge is 0.334 e. The molecule has 0 saturated heterocycles. The van der Waals surface area contributed by atoms with Crippen LogP contribution in [0.4, 0.5) is 0 Å². The molecule has 0 aliphatic carbocycles. The van der Waals surface area contributed by atoms with E-state index in [9.17, 15) is 4.79 Å². The molecule has 124 valence electrons. The molecule has 0 aliphatic heterocycles. The lowest BCUT2D eigenvalue weighted by molar-refractivity contribution is -0.137. The third kappa shape index (κ3) is 2.67. The van der Waals surface area contributed by atoms with Crippen molar-refractivity contribution in [3.63, 3.8) is 0 Å². The number of nitrogens with zero attached hydrogens (tertiary/aromatic N) is 4. The fourth-order valence-corrected chi connectivity index (χ4v) is 2.83. The van der Waals surface area contributed by atoms with Crippen molar-refractivity contribution in [1.82, 2.24) is 19.1 Å². The van der Waals surface area contributed by atoms with Gasteiger partial charge >= 0.3 is 5.97 Å². The lowest BCUT2D eigenvalue weighted by atomic mass is 10.3. The van der Waals surface area contributed by atoms with Gasteiger partial charge in [0.2, 0.25) is 0 Å². The van der Waals surface area contributed by atoms with Crippen molar-refractivity contribution in [2.45, 2.75) is 6.92 Å². The highest BCUT2D eigenvalue weighted by atomic mass is 16.5. The SMILES string of the molecule is CCOC(=O)C=C(n1cnc2ccccc21)n1cnc2ccccc21. The van der Waals surface area contributed by atoms with E-state index in [0.717, 1.165) is 22.1 Å². The Kier molecular flexibility index (Phi) is 3.78. The first-order chi connectivity index (χ1) is 12.3. The molecular formula is C19H16N4O2. The van der Waals surface area contributed by atoms with Crippen LogP contribution in [0.2, 0.25) is 0 Å². The first-order valence-corrected chi connectivity index (χ1v) is 8.01. The van der Waals surface area contributed by atoms with E-state index in [4.69, 9.17) is 4.74 Å². The van der Waals surface area contributed by atoms with E-state index >= 15 is 0 Å². The number of benzene rings is 2. The Bertz CT molecular complexity index is 1010. The average Bonchev–Trinajstić information content (AvgIpc) is 3.24. The van der Waals surface area contributed by atoms with Gasteiger partial charge in [0, 0.05) is 0 Å². The molecule has 0 aliphatic rings. The average molecular weight is 332 g/mol. The van der Waals surface area contributed by atoms with Crippen LogP contribution in [-0.2, 0) is 9.53 Å². The Hall–Kier alpha value is -3.41. The van der Waals surface area contributed by atoms with Crippen molar-refractivity contribution >= 4 is 28.0 Å². The van der Waals surface area contributed by atoms with E-state index in [2.05, 4.69) is 9.97 Å². The maximum absolute atomic E-state index is 12.1. The standard InChI is InChI=1S/C19H16N4O2/c1-2-25-19(24)11-18(22-12-20-14-7-3-5-9-16(14)22)23-13-21-15-8-4-6-10-17(15)23/h3-13H,2H2,1H3. The lowest BCUT2D eigenvalue weighted by Gasteiger charge is -2.12. The Morgan fingerprint density at radius 3 is 2.00 bits per heavy atom. The summed E-state index contributed by atoms with van der Waals surface area (Å²) in [7, 11) is 0. The van der Waals surface area contributed by atoms with Gasteiger partial charge in [-0.15, -0.1) is 0 Å². The second-order valence-corrected chi connectivity index (χ2v) is 5.46. The molecule has 4 aromatic rings. The number of para-hydroxylation sites is 4. The summed E-state index contributed by atoms with van der Waals surface area (Å²) in [5.74, 6) is 0.203. The molecule has 0 N–H and O–H groups in total. The van der Waals surface area contributed by atoms with Gasteiger partial charge in [0.25, 0.3) is 0 Å². The van der Waals surface area contributed by atoms with Crippen molar-refractivity contribution in [2.75, 3.05) is 6.61 Å². The molecule has 25 heavy (non-hydrogen) atoms. The topological polar surface area (TPSA) is 61.9 Å². The zero-order chi connectivity index (χ0) is 17.2. The van der Waals surface area contributed by atoms with E-state index in [1.165, 1.54) is 6.08 Å². The Labute approximate surface area is 144 Å². The molecule has 0 radical (unpaired) electrons. The third-order valence-electron chi connectivity index (χ3n) is 3.93. The maximum atomic E-state index is 12.1. The molecule has 0 saturated carbocycles. The van der Waals surface area contributed by atoms with Gasteiger partial charge in [-0.2, -0.15) is 0 Å². The number of esters is 1. The number of aromatic nitrogens is 4. The molecule has 0 atom stereocenters. The molecule has 6 nitrogen and oxygen atoms in total. The summed E-state index contributed by atoms with van der Waals surface area (Å²) < 4.78 is 8.83. The lowest BCUT2D eigenvalue weighted by Crippen LogP contribution is -2.13. The highest BCUT2D eigenvalue weighted by Gasteiger charge is 2.14. The fraction of sp³-hybridized carbons (Fsp3) is 0.105. The molecule has 0 unspecified atom stereocenters. The molecule has 0 spiro atoms. The number of fused-ring (bicyclic) bond motifs is 2. The van der Waals surface area contributed by atoms with Crippen LogP contribution in [0.1, 0.15) is 6.92 Å². The molecule has 2 aromatic heterocycles. The Morgan fingerprint density at radius 1 is 0.960 bits per heavy atom. The summed E-state index contributed by atoms with van der Waals surface area (Å²) in [6.45, 7) is 2.10. The molecule has 4 rings (SSSR count). The molecule has 2 aromatic carbocycles. The van der Waals surface area contributed by atoms with Gasteiger partial charge in [-0.3, -0.25) is 9.13 Å². The van der Waals surface area contributed by atoms with Crippen molar-refractivity contribution < 1.29 is 9.53 Å². The monoisotopic (exact) mass is 332 g/mol. The van der Waals surface area contributed by atoms with Crippen molar-refractivity contribution in [3.05, 3.63) is 73.1 Å². The second kappa shape index (κ2) is 6.24. The fourth-order valence-electron chi connectivity index (χ4n) is 2.83. The summed E-state index contributed by atoms with van der Waals surface area (Å²) in [5.41, 5.74) is 3.50. The number of hydrogen-bond donors (Lipinski definition) is 0. The zero-order valence-corrected chi connectivity index (χ0v) is 13.7. The predicted octanol–water partition coefficient (Wildman–Crippen LogP) is 3.11. The van der Waals surface area contributed by atoms with Crippen LogP contribution in [0.5, 0.6) is 0 Å². The normalized spacial score (nSPS) is 10.9. The van der Waals surface area contributed by atoms with Crippen LogP contribution in [0.25, 0.3) is 22.1 Å². The number of hydrogen-bond acceptors (Lipinski definition) is 4. The first-order valence-electron chi connectivity index (χ1n) is 8.01. The third-order valence-corrected chi connectivity index (χ3v) is 3.93. The molecule has 0 amide bonds. The summed E-state index contributed by atoms with van der Waals surface area (Å²) >= 11 is 0. The van der Waals surface area contributed by atoms with Crippen LogP contribution < -0.4 is 0 Å². The zero-order valence-electron chi connectivity index (χ0n) is 13.7. The number of imidazole rings is 2. The van der Waals surface area contributed by atoms with Crippen LogP contribution in [0.3, 0.4) is 0 Å². The first kappa shape index (κ1) is 15.1. The van der Waals surface area contributed by atoms with Crippen molar-refractivity contribution in [3.8, 4) is 0 Å². The van der Waals surface area contributed by atoms with Gasteiger partial charge in [0.05, 0.1) is 34.7 Å². The van der Waals surface area contributed by atoms with Gasteiger partial charge in [-0.1, -0.05) is 24.3 Å². The van der Waals surface area contributed by atoms with Crippen molar-refractivity contribution in [1.29, 1.82) is 0 Å². The molecular weight excluding hydrogens is 316 g/mol. The summed E-state index contributed by atoms with van der Waals surface area (Å²) in [5, 5.41) is 0. The summed E-state index contributed by atoms with van der Waals surface area (Å²) in [4.78, 5) is 21.0. The van der Waals surface area contributed by atoms with E-state index < -0.39 is 5.97 Å². The highest BCUT2D eigenvalue weighted by molar-refractivity contribution is 5.84. The van der Waals surface area contributed by atoms with Gasteiger partial charge in [0.1, 0.15) is 18.5 Å². The number of rotatable bonds is 4. The van der Waals surface area contributed by atoms with E-state index in [-0.39, 0.29) is 0 Å². The van der Waals surface area contributed by atoms with Crippen LogP contribution in [0, 0.1) is 5.82 Å². The maximum Gasteiger partial charge on any atom is 0.334 e. The molecule has 6 heteroatoms. The molecule has 0 bridgehead atoms. The van der Waals surface area contributed by atoms with E-state index in [0.29, 0.717) is 12.4 Å². The van der Waals surface area contributed by atoms with Gasteiger partial charge < -0.3 is 4.74 Å². The number of ether oxygens (including phenoxy) is 1. The Morgan fingerprint density at radius 2 is 1.48 bits per heavy atom. The number of carbonyl (C=O) groups excluding carboxylic acids is 1. The minimum absolute atomic E-state index is 0.317. The summed E-state index contributed by atoms with van der Waals surface area (Å²) in [6, 6.07) is 15.5. The number of carbonyl (C=O) groups is 1. The van der Waals surface area contributed by atoms with Crippen LogP contribution >= 0.6 is 0 Å². The Balaban J connectivity index is 1.95. The van der Waals surface area contributed by atoms with Gasteiger partial charge in [0.15, 0.2) is 0 Å².